The fourth-order valence-corrected chi connectivity index (χ4v) is 2.66. The average Bonchev–Trinajstić information content (AvgIpc) is 2.71. The van der Waals surface area contributed by atoms with Gasteiger partial charge in [-0.05, 0) is 41.8 Å². The summed E-state index contributed by atoms with van der Waals surface area (Å²) in [6.45, 7) is 1.38. The minimum atomic E-state index is -0.0966. The van der Waals surface area contributed by atoms with Crippen LogP contribution in [0.2, 0.25) is 5.02 Å². The summed E-state index contributed by atoms with van der Waals surface area (Å²) in [6, 6.07) is 13.6. The highest BCUT2D eigenvalue weighted by atomic mass is 35.5. The van der Waals surface area contributed by atoms with Crippen molar-refractivity contribution in [1.82, 2.24) is 0 Å². The summed E-state index contributed by atoms with van der Waals surface area (Å²) in [6.07, 6.45) is 1.64. The molecule has 0 spiro atoms. The van der Waals surface area contributed by atoms with Crippen LogP contribution in [0.5, 0.6) is 11.5 Å². The third-order valence-electron chi connectivity index (χ3n) is 3.54. The highest BCUT2D eigenvalue weighted by Gasteiger charge is 2.14. The molecule has 21 heavy (non-hydrogen) atoms. The number of nitrogens with two attached hydrogens (primary N) is 1. The van der Waals surface area contributed by atoms with Gasteiger partial charge in [-0.1, -0.05) is 29.8 Å². The maximum atomic E-state index is 6.31. The smallest absolute Gasteiger partial charge is 0.161 e. The molecular weight excluding hydrogens is 286 g/mol. The van der Waals surface area contributed by atoms with E-state index in [0.29, 0.717) is 13.2 Å². The maximum Gasteiger partial charge on any atom is 0.161 e. The summed E-state index contributed by atoms with van der Waals surface area (Å²) in [5, 5.41) is 0.735. The molecule has 110 valence electrons. The van der Waals surface area contributed by atoms with Crippen LogP contribution < -0.4 is 15.2 Å². The fraction of sp³-hybridized carbons (Fsp3) is 0.294. The van der Waals surface area contributed by atoms with Crippen molar-refractivity contribution in [3.8, 4) is 11.5 Å². The second-order valence-corrected chi connectivity index (χ2v) is 5.63. The Morgan fingerprint density at radius 3 is 2.67 bits per heavy atom. The number of halogens is 1. The molecule has 0 radical (unpaired) electrons. The van der Waals surface area contributed by atoms with Crippen LogP contribution in [0.4, 0.5) is 0 Å². The first-order chi connectivity index (χ1) is 10.2. The molecule has 1 aliphatic rings. The minimum Gasteiger partial charge on any atom is -0.490 e. The van der Waals surface area contributed by atoms with Gasteiger partial charge in [0.2, 0.25) is 0 Å². The van der Waals surface area contributed by atoms with E-state index in [0.717, 1.165) is 40.5 Å². The lowest BCUT2D eigenvalue weighted by molar-refractivity contribution is 0.297. The van der Waals surface area contributed by atoms with Crippen LogP contribution in [0.1, 0.15) is 23.6 Å². The predicted molar refractivity (Wildman–Crippen MR) is 84.1 cm³/mol. The van der Waals surface area contributed by atoms with Crippen molar-refractivity contribution in [1.29, 1.82) is 0 Å². The summed E-state index contributed by atoms with van der Waals surface area (Å²) in [4.78, 5) is 0. The molecule has 2 aromatic rings. The number of hydrogen-bond acceptors (Lipinski definition) is 3. The molecule has 1 aliphatic heterocycles. The molecule has 3 nitrogen and oxygen atoms in total. The molecule has 0 saturated carbocycles. The molecule has 1 unspecified atom stereocenters. The Morgan fingerprint density at radius 2 is 1.86 bits per heavy atom. The normalized spacial score (nSPS) is 15.3. The Morgan fingerprint density at radius 1 is 1.05 bits per heavy atom. The van der Waals surface area contributed by atoms with Gasteiger partial charge in [0.25, 0.3) is 0 Å². The molecule has 0 aromatic heterocycles. The minimum absolute atomic E-state index is 0.0966. The lowest BCUT2D eigenvalue weighted by Gasteiger charge is -2.15. The van der Waals surface area contributed by atoms with Gasteiger partial charge in [0.15, 0.2) is 11.5 Å². The van der Waals surface area contributed by atoms with E-state index in [2.05, 4.69) is 0 Å². The van der Waals surface area contributed by atoms with E-state index in [1.807, 2.05) is 42.5 Å². The van der Waals surface area contributed by atoms with Crippen molar-refractivity contribution < 1.29 is 9.47 Å². The Kier molecular flexibility index (Phi) is 4.32. The molecule has 1 atom stereocenters. The lowest BCUT2D eigenvalue weighted by atomic mass is 9.99. The van der Waals surface area contributed by atoms with Crippen LogP contribution >= 0.6 is 11.6 Å². The van der Waals surface area contributed by atoms with Gasteiger partial charge in [-0.2, -0.15) is 0 Å². The fourth-order valence-electron chi connectivity index (χ4n) is 2.45. The van der Waals surface area contributed by atoms with Crippen molar-refractivity contribution in [3.63, 3.8) is 0 Å². The van der Waals surface area contributed by atoms with Gasteiger partial charge in [-0.3, -0.25) is 0 Å². The van der Waals surface area contributed by atoms with Crippen LogP contribution in [-0.4, -0.2) is 13.2 Å². The van der Waals surface area contributed by atoms with Crippen molar-refractivity contribution in [2.24, 2.45) is 5.73 Å². The second kappa shape index (κ2) is 6.37. The number of rotatable bonds is 3. The van der Waals surface area contributed by atoms with E-state index in [1.165, 1.54) is 0 Å². The van der Waals surface area contributed by atoms with Gasteiger partial charge >= 0.3 is 0 Å². The molecule has 0 aliphatic carbocycles. The summed E-state index contributed by atoms with van der Waals surface area (Å²) in [5.41, 5.74) is 8.48. The van der Waals surface area contributed by atoms with Crippen LogP contribution in [0.15, 0.2) is 42.5 Å². The average molecular weight is 304 g/mol. The van der Waals surface area contributed by atoms with Crippen molar-refractivity contribution in [2.75, 3.05) is 13.2 Å². The number of benzene rings is 2. The van der Waals surface area contributed by atoms with E-state index >= 15 is 0 Å². The molecule has 2 N–H and O–H groups in total. The van der Waals surface area contributed by atoms with Crippen molar-refractivity contribution in [3.05, 3.63) is 58.6 Å². The van der Waals surface area contributed by atoms with Gasteiger partial charge in [0.05, 0.1) is 13.2 Å². The van der Waals surface area contributed by atoms with E-state index < -0.39 is 0 Å². The third-order valence-corrected chi connectivity index (χ3v) is 3.78. The quantitative estimate of drug-likeness (QED) is 0.939. The Balaban J connectivity index is 1.78. The van der Waals surface area contributed by atoms with E-state index in [1.54, 1.807) is 0 Å². The molecule has 3 rings (SSSR count). The first-order valence-corrected chi connectivity index (χ1v) is 7.50. The van der Waals surface area contributed by atoms with Crippen molar-refractivity contribution in [2.45, 2.75) is 18.9 Å². The Bertz CT molecular complexity index is 630. The van der Waals surface area contributed by atoms with Gasteiger partial charge in [-0.25, -0.2) is 0 Å². The van der Waals surface area contributed by atoms with Gasteiger partial charge in [0, 0.05) is 17.5 Å². The predicted octanol–water partition coefficient (Wildman–Crippen LogP) is 3.74. The summed E-state index contributed by atoms with van der Waals surface area (Å²) < 4.78 is 11.3. The van der Waals surface area contributed by atoms with Crippen LogP contribution in [-0.2, 0) is 6.42 Å². The summed E-state index contributed by atoms with van der Waals surface area (Å²) in [7, 11) is 0. The number of ether oxygens (including phenoxy) is 2. The van der Waals surface area contributed by atoms with Crippen molar-refractivity contribution >= 4 is 11.6 Å². The lowest BCUT2D eigenvalue weighted by Crippen LogP contribution is -2.13. The highest BCUT2D eigenvalue weighted by Crippen LogP contribution is 2.32. The zero-order chi connectivity index (χ0) is 14.7. The zero-order valence-corrected chi connectivity index (χ0v) is 12.5. The molecule has 2 aromatic carbocycles. The zero-order valence-electron chi connectivity index (χ0n) is 11.7. The number of fused-ring (bicyclic) bond motifs is 1. The standard InChI is InChI=1S/C17H18ClNO2/c18-14-4-1-3-12(9-14)10-15(19)13-5-6-16-17(11-13)21-8-2-7-20-16/h1,3-6,9,11,15H,2,7-8,10,19H2. The SMILES string of the molecule is NC(Cc1cccc(Cl)c1)c1ccc2c(c1)OCCCO2. The first kappa shape index (κ1) is 14.2. The van der Waals surface area contributed by atoms with Gasteiger partial charge in [-0.15, -0.1) is 0 Å². The highest BCUT2D eigenvalue weighted by molar-refractivity contribution is 6.30. The van der Waals surface area contributed by atoms with Crippen LogP contribution in [0.3, 0.4) is 0 Å². The summed E-state index contributed by atoms with van der Waals surface area (Å²) in [5.74, 6) is 1.58. The van der Waals surface area contributed by atoms with E-state index in [-0.39, 0.29) is 6.04 Å². The molecule has 0 saturated heterocycles. The monoisotopic (exact) mass is 303 g/mol. The van der Waals surface area contributed by atoms with Gasteiger partial charge < -0.3 is 15.2 Å². The van der Waals surface area contributed by atoms with Crippen LogP contribution in [0, 0.1) is 0 Å². The largest absolute Gasteiger partial charge is 0.490 e. The third kappa shape index (κ3) is 3.49. The molecule has 0 fully saturated rings. The second-order valence-electron chi connectivity index (χ2n) is 5.20. The summed E-state index contributed by atoms with van der Waals surface area (Å²) >= 11 is 6.01. The maximum absolute atomic E-state index is 6.31. The topological polar surface area (TPSA) is 44.5 Å². The molecule has 4 heteroatoms. The Hall–Kier alpha value is -1.71. The molecule has 0 bridgehead atoms. The molecular formula is C17H18ClNO2. The van der Waals surface area contributed by atoms with Crippen LogP contribution in [0.25, 0.3) is 0 Å². The molecule has 1 heterocycles. The molecule has 0 amide bonds. The van der Waals surface area contributed by atoms with E-state index in [9.17, 15) is 0 Å². The Labute approximate surface area is 129 Å². The van der Waals surface area contributed by atoms with Gasteiger partial charge in [0.1, 0.15) is 0 Å². The first-order valence-electron chi connectivity index (χ1n) is 7.12. The van der Waals surface area contributed by atoms with E-state index in [4.69, 9.17) is 26.8 Å². The number of hydrogen-bond donors (Lipinski definition) is 1.